The summed E-state index contributed by atoms with van der Waals surface area (Å²) in [5, 5.41) is 0. The van der Waals surface area contributed by atoms with E-state index in [1.165, 1.54) is 4.31 Å². The maximum absolute atomic E-state index is 12.4. The van der Waals surface area contributed by atoms with Crippen LogP contribution in [0.4, 0.5) is 0 Å². The van der Waals surface area contributed by atoms with E-state index in [2.05, 4.69) is 9.97 Å². The standard InChI is InChI=1S/C12H17N5O2S/c1-15(2)20(18,19)17-8-3-4-11(17)10-5-6-13-12-14-7-9-16(10)12/h5-7,9,11H,3-4,8H2,1-2H3/t11-/m0/s1. The van der Waals surface area contributed by atoms with Crippen LogP contribution in [0.5, 0.6) is 0 Å². The van der Waals surface area contributed by atoms with Crippen molar-refractivity contribution in [1.82, 2.24) is 23.0 Å². The zero-order chi connectivity index (χ0) is 14.3. The molecule has 0 aromatic carbocycles. The Kier molecular flexibility index (Phi) is 3.23. The van der Waals surface area contributed by atoms with E-state index in [1.54, 1.807) is 30.8 Å². The SMILES string of the molecule is CN(C)S(=O)(=O)N1CCC[C@H]1c1ccnc2nccn12. The Balaban J connectivity index is 2.07. The van der Waals surface area contributed by atoms with Crippen LogP contribution in [0.2, 0.25) is 0 Å². The van der Waals surface area contributed by atoms with Gasteiger partial charge in [0.1, 0.15) is 0 Å². The van der Waals surface area contributed by atoms with E-state index in [-0.39, 0.29) is 6.04 Å². The summed E-state index contributed by atoms with van der Waals surface area (Å²) in [6.45, 7) is 0.545. The van der Waals surface area contributed by atoms with Crippen molar-refractivity contribution in [3.05, 3.63) is 30.4 Å². The third kappa shape index (κ3) is 2.00. The zero-order valence-corrected chi connectivity index (χ0v) is 12.3. The maximum Gasteiger partial charge on any atom is 0.282 e. The zero-order valence-electron chi connectivity index (χ0n) is 11.5. The normalized spacial score (nSPS) is 21.1. The first-order chi connectivity index (χ1) is 9.51. The van der Waals surface area contributed by atoms with Gasteiger partial charge in [0, 0.05) is 44.9 Å². The van der Waals surface area contributed by atoms with E-state index in [1.807, 2.05) is 16.7 Å². The van der Waals surface area contributed by atoms with Crippen molar-refractivity contribution in [2.24, 2.45) is 0 Å². The molecule has 8 heteroatoms. The Morgan fingerprint density at radius 1 is 1.30 bits per heavy atom. The van der Waals surface area contributed by atoms with Gasteiger partial charge in [0.25, 0.3) is 10.2 Å². The highest BCUT2D eigenvalue weighted by molar-refractivity contribution is 7.86. The van der Waals surface area contributed by atoms with Crippen molar-refractivity contribution in [3.8, 4) is 0 Å². The Morgan fingerprint density at radius 3 is 2.80 bits per heavy atom. The third-order valence-corrected chi connectivity index (χ3v) is 5.59. The molecule has 0 spiro atoms. The van der Waals surface area contributed by atoms with Crippen molar-refractivity contribution in [1.29, 1.82) is 0 Å². The minimum Gasteiger partial charge on any atom is -0.287 e. The molecule has 1 atom stereocenters. The minimum absolute atomic E-state index is 0.165. The molecule has 20 heavy (non-hydrogen) atoms. The fourth-order valence-corrected chi connectivity index (χ4v) is 3.96. The number of hydrogen-bond acceptors (Lipinski definition) is 4. The van der Waals surface area contributed by atoms with Gasteiger partial charge in [-0.1, -0.05) is 0 Å². The Labute approximate surface area is 118 Å². The first kappa shape index (κ1) is 13.5. The monoisotopic (exact) mass is 295 g/mol. The second-order valence-corrected chi connectivity index (χ2v) is 7.12. The molecular formula is C12H17N5O2S. The summed E-state index contributed by atoms with van der Waals surface area (Å²) in [5.74, 6) is 0.594. The van der Waals surface area contributed by atoms with Crippen LogP contribution in [0.15, 0.2) is 24.7 Å². The summed E-state index contributed by atoms with van der Waals surface area (Å²) in [6, 6.07) is 1.70. The molecule has 0 N–H and O–H groups in total. The predicted molar refractivity (Wildman–Crippen MR) is 74.3 cm³/mol. The first-order valence-electron chi connectivity index (χ1n) is 6.49. The molecule has 0 bridgehead atoms. The lowest BCUT2D eigenvalue weighted by Crippen LogP contribution is -2.39. The molecule has 1 aliphatic rings. The van der Waals surface area contributed by atoms with E-state index < -0.39 is 10.2 Å². The summed E-state index contributed by atoms with van der Waals surface area (Å²) in [6.07, 6.45) is 6.83. The van der Waals surface area contributed by atoms with Gasteiger partial charge in [-0.05, 0) is 18.9 Å². The Bertz CT molecular complexity index is 724. The van der Waals surface area contributed by atoms with E-state index in [4.69, 9.17) is 0 Å². The van der Waals surface area contributed by atoms with Gasteiger partial charge >= 0.3 is 0 Å². The summed E-state index contributed by atoms with van der Waals surface area (Å²) in [7, 11) is -0.294. The van der Waals surface area contributed by atoms with Gasteiger partial charge in [-0.25, -0.2) is 9.97 Å². The minimum atomic E-state index is -3.41. The number of imidazole rings is 1. The summed E-state index contributed by atoms with van der Waals surface area (Å²) in [5.41, 5.74) is 0.912. The van der Waals surface area contributed by atoms with Crippen LogP contribution in [0.25, 0.3) is 5.78 Å². The van der Waals surface area contributed by atoms with Crippen LogP contribution in [-0.2, 0) is 10.2 Å². The Morgan fingerprint density at radius 2 is 2.05 bits per heavy atom. The third-order valence-electron chi connectivity index (χ3n) is 3.64. The molecule has 108 valence electrons. The quantitative estimate of drug-likeness (QED) is 0.834. The average Bonchev–Trinajstić information content (AvgIpc) is 3.07. The second kappa shape index (κ2) is 4.80. The maximum atomic E-state index is 12.4. The average molecular weight is 295 g/mol. The number of aromatic nitrogens is 3. The molecule has 1 fully saturated rings. The van der Waals surface area contributed by atoms with Crippen LogP contribution in [-0.4, -0.2) is 52.0 Å². The molecule has 7 nitrogen and oxygen atoms in total. The van der Waals surface area contributed by atoms with Gasteiger partial charge in [0.2, 0.25) is 5.78 Å². The highest BCUT2D eigenvalue weighted by Gasteiger charge is 2.37. The van der Waals surface area contributed by atoms with Gasteiger partial charge < -0.3 is 0 Å². The molecule has 1 aliphatic heterocycles. The molecule has 2 aromatic rings. The van der Waals surface area contributed by atoms with Crippen LogP contribution < -0.4 is 0 Å². The number of nitrogens with zero attached hydrogens (tertiary/aromatic N) is 5. The molecule has 0 aliphatic carbocycles. The number of fused-ring (bicyclic) bond motifs is 1. The van der Waals surface area contributed by atoms with Crippen molar-refractivity contribution in [2.45, 2.75) is 18.9 Å². The van der Waals surface area contributed by atoms with E-state index in [0.717, 1.165) is 18.5 Å². The lowest BCUT2D eigenvalue weighted by Gasteiger charge is -2.27. The van der Waals surface area contributed by atoms with Gasteiger partial charge in [0.15, 0.2) is 0 Å². The summed E-state index contributed by atoms with van der Waals surface area (Å²) in [4.78, 5) is 8.32. The molecule has 0 saturated carbocycles. The van der Waals surface area contributed by atoms with Crippen LogP contribution in [0, 0.1) is 0 Å². The largest absolute Gasteiger partial charge is 0.287 e. The molecule has 3 rings (SSSR count). The van der Waals surface area contributed by atoms with Gasteiger partial charge in [0.05, 0.1) is 6.04 Å². The van der Waals surface area contributed by atoms with Crippen LogP contribution in [0.3, 0.4) is 0 Å². The number of hydrogen-bond donors (Lipinski definition) is 0. The van der Waals surface area contributed by atoms with Crippen molar-refractivity contribution in [2.75, 3.05) is 20.6 Å². The van der Waals surface area contributed by atoms with E-state index in [0.29, 0.717) is 12.3 Å². The van der Waals surface area contributed by atoms with Gasteiger partial charge in [-0.3, -0.25) is 4.40 Å². The second-order valence-electron chi connectivity index (χ2n) is 5.03. The topological polar surface area (TPSA) is 70.8 Å². The fraction of sp³-hybridized carbons (Fsp3) is 0.500. The fourth-order valence-electron chi connectivity index (χ4n) is 2.65. The highest BCUT2D eigenvalue weighted by atomic mass is 32.2. The molecule has 0 amide bonds. The van der Waals surface area contributed by atoms with E-state index in [9.17, 15) is 8.42 Å². The highest BCUT2D eigenvalue weighted by Crippen LogP contribution is 2.34. The van der Waals surface area contributed by atoms with Crippen molar-refractivity contribution in [3.63, 3.8) is 0 Å². The molecular weight excluding hydrogens is 278 g/mol. The molecule has 1 saturated heterocycles. The van der Waals surface area contributed by atoms with Crippen molar-refractivity contribution < 1.29 is 8.42 Å². The van der Waals surface area contributed by atoms with Crippen LogP contribution >= 0.6 is 0 Å². The Hall–Kier alpha value is -1.51. The lowest BCUT2D eigenvalue weighted by molar-refractivity contribution is 0.356. The lowest BCUT2D eigenvalue weighted by atomic mass is 10.1. The van der Waals surface area contributed by atoms with Crippen molar-refractivity contribution >= 4 is 16.0 Å². The summed E-state index contributed by atoms with van der Waals surface area (Å²) >= 11 is 0. The first-order valence-corrected chi connectivity index (χ1v) is 7.89. The smallest absolute Gasteiger partial charge is 0.282 e. The van der Waals surface area contributed by atoms with Crippen LogP contribution in [0.1, 0.15) is 24.6 Å². The molecule has 2 aromatic heterocycles. The van der Waals surface area contributed by atoms with Gasteiger partial charge in [-0.2, -0.15) is 17.0 Å². The predicted octanol–water partition coefficient (Wildman–Crippen LogP) is 0.673. The van der Waals surface area contributed by atoms with Gasteiger partial charge in [-0.15, -0.1) is 0 Å². The molecule has 0 unspecified atom stereocenters. The number of rotatable bonds is 3. The molecule has 0 radical (unpaired) electrons. The van der Waals surface area contributed by atoms with E-state index >= 15 is 0 Å². The summed E-state index contributed by atoms with van der Waals surface area (Å²) < 4.78 is 29.5. The molecule has 3 heterocycles.